The van der Waals surface area contributed by atoms with E-state index in [1.807, 2.05) is 13.0 Å². The maximum absolute atomic E-state index is 13.4. The molecule has 7 nitrogen and oxygen atoms in total. The van der Waals surface area contributed by atoms with E-state index in [1.54, 1.807) is 12.5 Å². The molecule has 7 heteroatoms. The van der Waals surface area contributed by atoms with E-state index in [2.05, 4.69) is 0 Å². The van der Waals surface area contributed by atoms with Crippen LogP contribution < -0.4 is 0 Å². The second-order valence-electron chi connectivity index (χ2n) is 8.71. The average Bonchev–Trinajstić information content (AvgIpc) is 3.32. The van der Waals surface area contributed by atoms with Crippen LogP contribution in [0.25, 0.3) is 0 Å². The molecule has 162 valence electrons. The van der Waals surface area contributed by atoms with Gasteiger partial charge in [-0.3, -0.25) is 14.4 Å². The van der Waals surface area contributed by atoms with Crippen LogP contribution in [0.1, 0.15) is 64.5 Å². The second kappa shape index (κ2) is 7.93. The third-order valence-electron chi connectivity index (χ3n) is 7.00. The molecule has 0 unspecified atom stereocenters. The first kappa shape index (κ1) is 20.7. The van der Waals surface area contributed by atoms with Crippen molar-refractivity contribution < 1.29 is 33.0 Å². The van der Waals surface area contributed by atoms with Gasteiger partial charge in [0.25, 0.3) is 0 Å². The summed E-state index contributed by atoms with van der Waals surface area (Å²) in [5.74, 6) is -1.02. The van der Waals surface area contributed by atoms with Gasteiger partial charge in [0.1, 0.15) is 18.8 Å². The summed E-state index contributed by atoms with van der Waals surface area (Å²) >= 11 is 0. The number of carbonyl (C=O) groups is 3. The smallest absolute Gasteiger partial charge is 0.313 e. The number of esters is 3. The molecule has 0 amide bonds. The summed E-state index contributed by atoms with van der Waals surface area (Å²) in [5.41, 5.74) is 2.10. The molecule has 30 heavy (non-hydrogen) atoms. The summed E-state index contributed by atoms with van der Waals surface area (Å²) in [6, 6.07) is 1.83. The van der Waals surface area contributed by atoms with Gasteiger partial charge in [-0.2, -0.15) is 0 Å². The summed E-state index contributed by atoms with van der Waals surface area (Å²) < 4.78 is 22.1. The Morgan fingerprint density at radius 2 is 2.07 bits per heavy atom. The van der Waals surface area contributed by atoms with Gasteiger partial charge in [-0.05, 0) is 48.8 Å². The van der Waals surface area contributed by atoms with Crippen LogP contribution in [-0.4, -0.2) is 30.6 Å². The molecule has 0 N–H and O–H groups in total. The maximum Gasteiger partial charge on any atom is 0.313 e. The van der Waals surface area contributed by atoms with Crippen molar-refractivity contribution in [3.05, 3.63) is 35.3 Å². The summed E-state index contributed by atoms with van der Waals surface area (Å²) in [6.07, 6.45) is 6.03. The van der Waals surface area contributed by atoms with Gasteiger partial charge in [-0.1, -0.05) is 6.92 Å². The zero-order chi connectivity index (χ0) is 21.5. The Balaban J connectivity index is 1.75. The van der Waals surface area contributed by atoms with E-state index in [0.717, 1.165) is 36.0 Å². The fraction of sp³-hybridized carbons (Fsp3) is 0.609. The van der Waals surface area contributed by atoms with E-state index < -0.39 is 11.5 Å². The number of cyclic esters (lactones) is 1. The van der Waals surface area contributed by atoms with Crippen molar-refractivity contribution in [3.63, 3.8) is 0 Å². The summed E-state index contributed by atoms with van der Waals surface area (Å²) in [5, 5.41) is 0. The fourth-order valence-corrected chi connectivity index (χ4v) is 5.71. The van der Waals surface area contributed by atoms with Gasteiger partial charge in [0.05, 0.1) is 17.9 Å². The van der Waals surface area contributed by atoms with Crippen LogP contribution in [0.5, 0.6) is 0 Å². The molecule has 1 aromatic heterocycles. The van der Waals surface area contributed by atoms with Gasteiger partial charge >= 0.3 is 17.9 Å². The lowest BCUT2D eigenvalue weighted by Gasteiger charge is -2.50. The summed E-state index contributed by atoms with van der Waals surface area (Å²) in [6.45, 7) is 5.00. The topological polar surface area (TPSA) is 92.0 Å². The molecular formula is C23H28O7. The molecule has 0 aromatic carbocycles. The Labute approximate surface area is 175 Å². The van der Waals surface area contributed by atoms with Crippen LogP contribution in [0.15, 0.2) is 34.2 Å². The number of rotatable bonds is 4. The van der Waals surface area contributed by atoms with Crippen LogP contribution in [0.2, 0.25) is 0 Å². The minimum Gasteiger partial charge on any atom is -0.472 e. The van der Waals surface area contributed by atoms with Gasteiger partial charge in [-0.25, -0.2) is 0 Å². The summed E-state index contributed by atoms with van der Waals surface area (Å²) in [7, 11) is 0. The summed E-state index contributed by atoms with van der Waals surface area (Å²) in [4.78, 5) is 36.6. The standard InChI is InChI=1S/C23H28O7/c1-13-9-19(29-15(3)25)21-17(12-28-14(2)24)5-4-6-18(21)23(13)10-20(30-22(23)26)16-7-8-27-11-16/h7-8,11,13,18-20H,4-6,9-10,12H2,1-3H3/t13-,18+,19-,20+,23-/m1/s1. The minimum atomic E-state index is -0.685. The average molecular weight is 416 g/mol. The zero-order valence-corrected chi connectivity index (χ0v) is 17.6. The van der Waals surface area contributed by atoms with Crippen molar-refractivity contribution in [1.82, 2.24) is 0 Å². The van der Waals surface area contributed by atoms with E-state index in [4.69, 9.17) is 18.6 Å². The lowest BCUT2D eigenvalue weighted by atomic mass is 9.53. The molecule has 1 aromatic rings. The Hall–Kier alpha value is -2.57. The Kier molecular flexibility index (Phi) is 5.47. The molecule has 4 rings (SSSR count). The predicted octanol–water partition coefficient (Wildman–Crippen LogP) is 3.89. The quantitative estimate of drug-likeness (QED) is 0.418. The number of hydrogen-bond donors (Lipinski definition) is 0. The van der Waals surface area contributed by atoms with Crippen molar-refractivity contribution >= 4 is 17.9 Å². The highest BCUT2D eigenvalue weighted by Crippen LogP contribution is 2.61. The molecule has 3 aliphatic rings. The van der Waals surface area contributed by atoms with Crippen LogP contribution in [0.3, 0.4) is 0 Å². The van der Waals surface area contributed by atoms with Gasteiger partial charge < -0.3 is 18.6 Å². The molecule has 1 spiro atoms. The van der Waals surface area contributed by atoms with Crippen molar-refractivity contribution in [1.29, 1.82) is 0 Å². The maximum atomic E-state index is 13.4. The van der Waals surface area contributed by atoms with Gasteiger partial charge in [-0.15, -0.1) is 0 Å². The number of carbonyl (C=O) groups excluding carboxylic acids is 3. The largest absolute Gasteiger partial charge is 0.472 e. The molecule has 1 saturated carbocycles. The van der Waals surface area contributed by atoms with Crippen LogP contribution in [0.4, 0.5) is 0 Å². The van der Waals surface area contributed by atoms with E-state index in [1.165, 1.54) is 13.8 Å². The zero-order valence-electron chi connectivity index (χ0n) is 17.6. The van der Waals surface area contributed by atoms with Crippen molar-refractivity contribution in [3.8, 4) is 0 Å². The fourth-order valence-electron chi connectivity index (χ4n) is 5.71. The molecule has 0 radical (unpaired) electrons. The molecule has 5 atom stereocenters. The molecule has 0 bridgehead atoms. The first-order valence-corrected chi connectivity index (χ1v) is 10.6. The first-order chi connectivity index (χ1) is 14.3. The molecule has 2 aliphatic carbocycles. The van der Waals surface area contributed by atoms with E-state index in [9.17, 15) is 14.4 Å². The predicted molar refractivity (Wildman–Crippen MR) is 105 cm³/mol. The lowest BCUT2D eigenvalue weighted by molar-refractivity contribution is -0.159. The monoisotopic (exact) mass is 416 g/mol. The highest BCUT2D eigenvalue weighted by Gasteiger charge is 2.62. The van der Waals surface area contributed by atoms with Crippen LogP contribution >= 0.6 is 0 Å². The molecule has 1 aliphatic heterocycles. The Morgan fingerprint density at radius 3 is 2.73 bits per heavy atom. The first-order valence-electron chi connectivity index (χ1n) is 10.6. The molecule has 2 heterocycles. The third kappa shape index (κ3) is 3.44. The van der Waals surface area contributed by atoms with Crippen molar-refractivity contribution in [2.75, 3.05) is 6.61 Å². The van der Waals surface area contributed by atoms with E-state index in [-0.39, 0.29) is 42.5 Å². The SMILES string of the molecule is CC(=O)OCC1=C2[C@H](OC(C)=O)C[C@@H](C)[C@]3(C[C@@H](c4ccoc4)OC3=O)[C@H]2CCC1. The van der Waals surface area contributed by atoms with E-state index >= 15 is 0 Å². The lowest BCUT2D eigenvalue weighted by Crippen LogP contribution is -2.51. The number of hydrogen-bond acceptors (Lipinski definition) is 7. The highest BCUT2D eigenvalue weighted by atomic mass is 16.6. The van der Waals surface area contributed by atoms with Crippen molar-refractivity contribution in [2.24, 2.45) is 17.3 Å². The number of ether oxygens (including phenoxy) is 3. The number of furan rings is 1. The normalized spacial score (nSPS) is 33.2. The number of fused-ring (bicyclic) bond motifs is 2. The molecule has 2 fully saturated rings. The second-order valence-corrected chi connectivity index (χ2v) is 8.71. The minimum absolute atomic E-state index is 0.0203. The Bertz CT molecular complexity index is 868. The van der Waals surface area contributed by atoms with Gasteiger partial charge in [0, 0.05) is 31.7 Å². The van der Waals surface area contributed by atoms with Crippen molar-refractivity contribution in [2.45, 2.75) is 65.1 Å². The molecule has 1 saturated heterocycles. The molecular weight excluding hydrogens is 388 g/mol. The van der Waals surface area contributed by atoms with Crippen LogP contribution in [0, 0.1) is 17.3 Å². The van der Waals surface area contributed by atoms with Crippen LogP contribution in [-0.2, 0) is 28.6 Å². The third-order valence-corrected chi connectivity index (χ3v) is 7.00. The Morgan fingerprint density at radius 1 is 1.27 bits per heavy atom. The van der Waals surface area contributed by atoms with Gasteiger partial charge in [0.15, 0.2) is 0 Å². The van der Waals surface area contributed by atoms with E-state index in [0.29, 0.717) is 12.8 Å². The highest BCUT2D eigenvalue weighted by molar-refractivity contribution is 5.81. The van der Waals surface area contributed by atoms with Gasteiger partial charge in [0.2, 0.25) is 0 Å².